The van der Waals surface area contributed by atoms with Gasteiger partial charge in [-0.1, -0.05) is 0 Å². The van der Waals surface area contributed by atoms with Crippen LogP contribution in [-0.2, 0) is 4.74 Å². The molecule has 21 heavy (non-hydrogen) atoms. The van der Waals surface area contributed by atoms with Crippen LogP contribution in [0.4, 0.5) is 4.79 Å². The van der Waals surface area contributed by atoms with Gasteiger partial charge in [0.15, 0.2) is 0 Å². The Morgan fingerprint density at radius 1 is 1.10 bits per heavy atom. The predicted octanol–water partition coefficient (Wildman–Crippen LogP) is 3.27. The van der Waals surface area contributed by atoms with Crippen molar-refractivity contribution in [2.24, 2.45) is 0 Å². The fourth-order valence-electron chi connectivity index (χ4n) is 3.43. The normalized spacial score (nSPS) is 24.5. The zero-order valence-corrected chi connectivity index (χ0v) is 13.8. The second kappa shape index (κ2) is 6.53. The third kappa shape index (κ3) is 4.58. The Bertz CT molecular complexity index is 349. The first-order chi connectivity index (χ1) is 9.80. The van der Waals surface area contributed by atoms with E-state index in [4.69, 9.17) is 4.74 Å². The van der Waals surface area contributed by atoms with Crippen LogP contribution in [0.1, 0.15) is 59.3 Å². The summed E-state index contributed by atoms with van der Waals surface area (Å²) >= 11 is 0. The molecule has 2 aliphatic heterocycles. The van der Waals surface area contributed by atoms with Gasteiger partial charge in [-0.2, -0.15) is 0 Å². The van der Waals surface area contributed by atoms with E-state index in [0.717, 1.165) is 38.8 Å². The molecule has 1 amide bonds. The van der Waals surface area contributed by atoms with E-state index in [1.54, 1.807) is 4.90 Å². The number of hydroxylamine groups is 3. The maximum absolute atomic E-state index is 13.0. The Balaban J connectivity index is 1.86. The van der Waals surface area contributed by atoms with Crippen LogP contribution in [0, 0.1) is 5.21 Å². The van der Waals surface area contributed by atoms with E-state index in [-0.39, 0.29) is 16.8 Å². The van der Waals surface area contributed by atoms with Crippen LogP contribution in [0.5, 0.6) is 0 Å². The molecule has 0 aromatic heterocycles. The van der Waals surface area contributed by atoms with Gasteiger partial charge in [-0.05, 0) is 46.5 Å². The summed E-state index contributed by atoms with van der Waals surface area (Å²) in [6.07, 6.45) is 5.86. The van der Waals surface area contributed by atoms with Crippen molar-refractivity contribution in [3.8, 4) is 0 Å². The van der Waals surface area contributed by atoms with Crippen molar-refractivity contribution in [3.05, 3.63) is 5.21 Å². The molecular weight excluding hydrogens is 268 g/mol. The van der Waals surface area contributed by atoms with E-state index >= 15 is 0 Å². The van der Waals surface area contributed by atoms with Crippen LogP contribution in [0.2, 0.25) is 0 Å². The highest BCUT2D eigenvalue weighted by Gasteiger charge is 2.35. The molecule has 0 aromatic rings. The molecule has 5 nitrogen and oxygen atoms in total. The molecule has 2 saturated heterocycles. The van der Waals surface area contributed by atoms with Gasteiger partial charge < -0.3 is 19.5 Å². The molecule has 0 aliphatic carbocycles. The zero-order chi connectivity index (χ0) is 15.5. The molecule has 2 heterocycles. The fourth-order valence-corrected chi connectivity index (χ4v) is 3.43. The first-order valence-electron chi connectivity index (χ1n) is 8.36. The zero-order valence-electron chi connectivity index (χ0n) is 13.8. The first kappa shape index (κ1) is 16.6. The molecule has 0 saturated carbocycles. The largest absolute Gasteiger partial charge is 0.633 e. The average molecular weight is 298 g/mol. The van der Waals surface area contributed by atoms with Crippen molar-refractivity contribution in [1.82, 2.24) is 4.90 Å². The number of hydrogen-bond donors (Lipinski definition) is 0. The summed E-state index contributed by atoms with van der Waals surface area (Å²) < 4.78 is 5.38. The number of hydrogen-bond acceptors (Lipinski definition) is 3. The summed E-state index contributed by atoms with van der Waals surface area (Å²) in [5.74, 6) is 0. The molecule has 0 unspecified atom stereocenters. The number of quaternary nitrogens is 1. The fraction of sp³-hybridized carbons (Fsp3) is 0.938. The summed E-state index contributed by atoms with van der Waals surface area (Å²) in [5.41, 5.74) is -0.453. The van der Waals surface area contributed by atoms with Crippen LogP contribution in [0.3, 0.4) is 0 Å². The van der Waals surface area contributed by atoms with Gasteiger partial charge in [-0.25, -0.2) is 4.79 Å². The smallest absolute Gasteiger partial charge is 0.410 e. The lowest BCUT2D eigenvalue weighted by Gasteiger charge is -2.51. The molecule has 0 spiro atoms. The average Bonchev–Trinajstić information content (AvgIpc) is 2.63. The SMILES string of the molecule is CC(C)(C)OC(=O)N1CCC([N+]2([O-])CCCCCC2)CC1. The van der Waals surface area contributed by atoms with Crippen LogP contribution in [0.25, 0.3) is 0 Å². The van der Waals surface area contributed by atoms with Crippen molar-refractivity contribution in [1.29, 1.82) is 0 Å². The van der Waals surface area contributed by atoms with Gasteiger partial charge in [0, 0.05) is 25.9 Å². The Morgan fingerprint density at radius 3 is 2.10 bits per heavy atom. The van der Waals surface area contributed by atoms with Crippen LogP contribution in [-0.4, -0.2) is 53.5 Å². The standard InChI is InChI=1S/C16H30N2O3/c1-16(2,3)21-15(19)17-10-8-14(9-11-17)18(20)12-6-4-5-7-13-18/h14H,4-13H2,1-3H3. The lowest BCUT2D eigenvalue weighted by atomic mass is 10.0. The van der Waals surface area contributed by atoms with Crippen molar-refractivity contribution < 1.29 is 14.2 Å². The molecule has 2 aliphatic rings. The number of likely N-dealkylation sites (tertiary alicyclic amines) is 2. The number of carbonyl (C=O) groups excluding carboxylic acids is 1. The summed E-state index contributed by atoms with van der Waals surface area (Å²) in [4.78, 5) is 13.8. The second-order valence-corrected chi connectivity index (χ2v) is 7.51. The highest BCUT2D eigenvalue weighted by atomic mass is 16.6. The summed E-state index contributed by atoms with van der Waals surface area (Å²) in [6.45, 7) is 8.48. The van der Waals surface area contributed by atoms with E-state index < -0.39 is 5.60 Å². The van der Waals surface area contributed by atoms with Gasteiger partial charge in [-0.3, -0.25) is 0 Å². The Hall–Kier alpha value is -0.810. The number of ether oxygens (including phenoxy) is 1. The van der Waals surface area contributed by atoms with E-state index in [9.17, 15) is 10.0 Å². The number of carbonyl (C=O) groups is 1. The van der Waals surface area contributed by atoms with Gasteiger partial charge in [0.05, 0.1) is 19.1 Å². The Kier molecular flexibility index (Phi) is 5.15. The van der Waals surface area contributed by atoms with E-state index in [0.29, 0.717) is 13.1 Å². The number of amides is 1. The summed E-state index contributed by atoms with van der Waals surface area (Å²) in [6, 6.07) is 0.168. The molecule has 122 valence electrons. The minimum Gasteiger partial charge on any atom is -0.633 e. The number of piperidine rings is 1. The predicted molar refractivity (Wildman–Crippen MR) is 82.7 cm³/mol. The van der Waals surface area contributed by atoms with Crippen molar-refractivity contribution in [2.75, 3.05) is 26.2 Å². The maximum Gasteiger partial charge on any atom is 0.410 e. The van der Waals surface area contributed by atoms with Crippen molar-refractivity contribution >= 4 is 6.09 Å². The summed E-state index contributed by atoms with van der Waals surface area (Å²) in [5, 5.41) is 13.0. The lowest BCUT2D eigenvalue weighted by molar-refractivity contribution is -0.906. The third-order valence-electron chi connectivity index (χ3n) is 4.60. The maximum atomic E-state index is 13.0. The monoisotopic (exact) mass is 298 g/mol. The second-order valence-electron chi connectivity index (χ2n) is 7.51. The van der Waals surface area contributed by atoms with Crippen molar-refractivity contribution in [2.45, 2.75) is 70.9 Å². The molecule has 2 rings (SSSR count). The van der Waals surface area contributed by atoms with E-state index in [1.807, 2.05) is 20.8 Å². The number of nitrogens with zero attached hydrogens (tertiary/aromatic N) is 2. The van der Waals surface area contributed by atoms with Gasteiger partial charge in [-0.15, -0.1) is 0 Å². The quantitative estimate of drug-likeness (QED) is 0.551. The molecule has 0 radical (unpaired) electrons. The third-order valence-corrected chi connectivity index (χ3v) is 4.60. The summed E-state index contributed by atoms with van der Waals surface area (Å²) in [7, 11) is 0. The molecule has 5 heteroatoms. The topological polar surface area (TPSA) is 52.6 Å². The van der Waals surface area contributed by atoms with Crippen molar-refractivity contribution in [3.63, 3.8) is 0 Å². The van der Waals surface area contributed by atoms with Crippen LogP contribution in [0.15, 0.2) is 0 Å². The molecule has 0 bridgehead atoms. The minimum atomic E-state index is -0.453. The van der Waals surface area contributed by atoms with Gasteiger partial charge >= 0.3 is 6.09 Å². The Labute approximate surface area is 128 Å². The lowest BCUT2D eigenvalue weighted by Crippen LogP contribution is -2.56. The minimum absolute atomic E-state index is 0.0256. The van der Waals surface area contributed by atoms with Gasteiger partial charge in [0.1, 0.15) is 5.60 Å². The first-order valence-corrected chi connectivity index (χ1v) is 8.36. The van der Waals surface area contributed by atoms with Crippen LogP contribution < -0.4 is 0 Å². The molecule has 2 fully saturated rings. The van der Waals surface area contributed by atoms with Crippen LogP contribution >= 0.6 is 0 Å². The number of rotatable bonds is 1. The van der Waals surface area contributed by atoms with E-state index in [2.05, 4.69) is 0 Å². The molecule has 0 aromatic carbocycles. The Morgan fingerprint density at radius 2 is 1.62 bits per heavy atom. The van der Waals surface area contributed by atoms with Gasteiger partial charge in [0.2, 0.25) is 0 Å². The molecule has 0 atom stereocenters. The molecule has 0 N–H and O–H groups in total. The highest BCUT2D eigenvalue weighted by Crippen LogP contribution is 2.28. The van der Waals surface area contributed by atoms with Gasteiger partial charge in [0.25, 0.3) is 0 Å². The molecular formula is C16H30N2O3. The van der Waals surface area contributed by atoms with E-state index in [1.165, 1.54) is 12.8 Å². The highest BCUT2D eigenvalue weighted by molar-refractivity contribution is 5.68.